The molecule has 3 heteroatoms. The first kappa shape index (κ1) is 24.8. The Morgan fingerprint density at radius 2 is 1.90 bits per heavy atom. The zero-order chi connectivity index (χ0) is 22.1. The molecule has 0 radical (unpaired) electrons. The van der Waals surface area contributed by atoms with E-state index in [0.29, 0.717) is 11.3 Å². The molecule has 1 N–H and O–H groups in total. The Labute approximate surface area is 202 Å². The van der Waals surface area contributed by atoms with Crippen LogP contribution in [-0.4, -0.2) is 14.4 Å². The van der Waals surface area contributed by atoms with Gasteiger partial charge in [-0.05, 0) is 98.9 Å². The average molecular weight is 542 g/mol. The third-order valence-corrected chi connectivity index (χ3v) is 11.3. The van der Waals surface area contributed by atoms with Crippen LogP contribution in [0.15, 0.2) is 35.5 Å². The predicted molar refractivity (Wildman–Crippen MR) is 137 cm³/mol. The number of hydrogen-bond donors (Lipinski definition) is 1. The van der Waals surface area contributed by atoms with Gasteiger partial charge < -0.3 is 5.11 Å². The maximum absolute atomic E-state index is 10.1. The summed E-state index contributed by atoms with van der Waals surface area (Å²) in [6.45, 7) is 13.9. The Kier molecular flexibility index (Phi) is 8.22. The summed E-state index contributed by atoms with van der Waals surface area (Å²) in [5.74, 6) is 2.91. The molecule has 3 rings (SSSR count). The third kappa shape index (κ3) is 5.37. The summed E-state index contributed by atoms with van der Waals surface area (Å²) in [6, 6.07) is 0. The number of hydrogen-bond acceptors (Lipinski definition) is 1. The molecule has 5 atom stereocenters. The van der Waals surface area contributed by atoms with Crippen molar-refractivity contribution in [2.24, 2.45) is 29.1 Å². The Balaban J connectivity index is 1.71. The standard InChI is InChI=1S/C27H42Br2O/c1-18(2)27(28,29)16-14-20(4)24-12-13-25-21(7-6-15-26(24,25)5)9-10-22-17-23(30)11-8-19(22)3/h9-10,18,20,23-25,30H,3,6-8,11-17H2,1-2,4-5H3/b21-9?,22-10-/t20-,23+,24-,25?,26-/m1/s1. The Hall–Kier alpha value is 0.140. The average Bonchev–Trinajstić information content (AvgIpc) is 3.04. The number of alkyl halides is 2. The Bertz CT molecular complexity index is 689. The minimum atomic E-state index is -0.185. The smallest absolute Gasteiger partial charge is 0.0828 e. The van der Waals surface area contributed by atoms with E-state index in [4.69, 9.17) is 0 Å². The summed E-state index contributed by atoms with van der Waals surface area (Å²) < 4.78 is 0.0734. The number of aliphatic hydroxyl groups is 1. The van der Waals surface area contributed by atoms with Crippen LogP contribution in [0.25, 0.3) is 0 Å². The second-order valence-electron chi connectivity index (χ2n) is 11.0. The van der Waals surface area contributed by atoms with Crippen molar-refractivity contribution in [3.05, 3.63) is 35.5 Å². The minimum Gasteiger partial charge on any atom is -0.393 e. The normalized spacial score (nSPS) is 36.5. The molecule has 0 bridgehead atoms. The fourth-order valence-corrected chi connectivity index (χ4v) is 6.98. The molecule has 1 unspecified atom stereocenters. The van der Waals surface area contributed by atoms with Gasteiger partial charge >= 0.3 is 0 Å². The van der Waals surface area contributed by atoms with Crippen molar-refractivity contribution in [3.8, 4) is 0 Å². The van der Waals surface area contributed by atoms with E-state index in [1.54, 1.807) is 5.57 Å². The number of halogens is 2. The van der Waals surface area contributed by atoms with Crippen molar-refractivity contribution in [3.63, 3.8) is 0 Å². The number of allylic oxidation sites excluding steroid dienone is 4. The van der Waals surface area contributed by atoms with Crippen LogP contribution in [-0.2, 0) is 0 Å². The van der Waals surface area contributed by atoms with Gasteiger partial charge in [0.2, 0.25) is 0 Å². The summed E-state index contributed by atoms with van der Waals surface area (Å²) in [5, 5.41) is 10.1. The van der Waals surface area contributed by atoms with Crippen molar-refractivity contribution in [2.75, 3.05) is 0 Å². The highest BCUT2D eigenvalue weighted by molar-refractivity contribution is 9.25. The van der Waals surface area contributed by atoms with Gasteiger partial charge in [0, 0.05) is 0 Å². The monoisotopic (exact) mass is 540 g/mol. The highest BCUT2D eigenvalue weighted by Gasteiger charge is 2.50. The number of fused-ring (bicyclic) bond motifs is 1. The lowest BCUT2D eigenvalue weighted by Crippen LogP contribution is -2.36. The van der Waals surface area contributed by atoms with Gasteiger partial charge in [-0.25, -0.2) is 0 Å². The molecule has 0 aliphatic heterocycles. The van der Waals surface area contributed by atoms with Crippen LogP contribution in [0.1, 0.15) is 91.9 Å². The molecule has 3 fully saturated rings. The van der Waals surface area contributed by atoms with E-state index < -0.39 is 0 Å². The van der Waals surface area contributed by atoms with Gasteiger partial charge in [-0.2, -0.15) is 0 Å². The zero-order valence-corrected chi connectivity index (χ0v) is 22.7. The van der Waals surface area contributed by atoms with Gasteiger partial charge in [-0.1, -0.05) is 89.4 Å². The largest absolute Gasteiger partial charge is 0.393 e. The van der Waals surface area contributed by atoms with Gasteiger partial charge in [-0.15, -0.1) is 0 Å². The van der Waals surface area contributed by atoms with E-state index in [1.165, 1.54) is 56.1 Å². The van der Waals surface area contributed by atoms with E-state index in [-0.39, 0.29) is 9.34 Å². The molecule has 0 aromatic heterocycles. The SMILES string of the molecule is C=C1CC[C@H](O)C/C1=C/C=C1CCC[C@@]2(C)C1CC[C@@H]2[C@H](C)CCC(Br)(Br)C(C)C. The van der Waals surface area contributed by atoms with Crippen molar-refractivity contribution >= 4 is 31.9 Å². The van der Waals surface area contributed by atoms with Crippen LogP contribution in [0.4, 0.5) is 0 Å². The Morgan fingerprint density at radius 3 is 2.60 bits per heavy atom. The molecule has 0 aromatic rings. The maximum Gasteiger partial charge on any atom is 0.0828 e. The molecule has 0 heterocycles. The topological polar surface area (TPSA) is 20.2 Å². The zero-order valence-electron chi connectivity index (χ0n) is 19.5. The summed E-state index contributed by atoms with van der Waals surface area (Å²) in [6.07, 6.45) is 16.3. The molecule has 0 saturated heterocycles. The molecule has 0 amide bonds. The lowest BCUT2D eigenvalue weighted by atomic mass is 9.60. The molecule has 170 valence electrons. The molecule has 3 aliphatic carbocycles. The maximum atomic E-state index is 10.1. The van der Waals surface area contributed by atoms with Crippen LogP contribution in [0.2, 0.25) is 0 Å². The molecule has 3 aliphatic rings. The van der Waals surface area contributed by atoms with E-state index in [9.17, 15) is 5.11 Å². The first-order valence-corrected chi connectivity index (χ1v) is 13.8. The van der Waals surface area contributed by atoms with Crippen LogP contribution >= 0.6 is 31.9 Å². The molecule has 30 heavy (non-hydrogen) atoms. The van der Waals surface area contributed by atoms with E-state index in [0.717, 1.165) is 37.0 Å². The number of rotatable bonds is 6. The molecular formula is C27H42Br2O. The Morgan fingerprint density at radius 1 is 1.17 bits per heavy atom. The van der Waals surface area contributed by atoms with Crippen LogP contribution in [0, 0.1) is 29.1 Å². The third-order valence-electron chi connectivity index (χ3n) is 8.69. The molecule has 3 saturated carbocycles. The van der Waals surface area contributed by atoms with Gasteiger partial charge in [0.15, 0.2) is 0 Å². The molecule has 0 aromatic carbocycles. The van der Waals surface area contributed by atoms with E-state index >= 15 is 0 Å². The molecular weight excluding hydrogens is 500 g/mol. The fraction of sp³-hybridized carbons (Fsp3) is 0.778. The lowest BCUT2D eigenvalue weighted by molar-refractivity contribution is 0.0928. The first-order valence-electron chi connectivity index (χ1n) is 12.2. The second kappa shape index (κ2) is 9.96. The second-order valence-corrected chi connectivity index (χ2v) is 14.9. The molecule has 1 nitrogen and oxygen atoms in total. The quantitative estimate of drug-likeness (QED) is 0.333. The van der Waals surface area contributed by atoms with E-state index in [2.05, 4.69) is 78.3 Å². The van der Waals surface area contributed by atoms with Gasteiger partial charge in [-0.3, -0.25) is 0 Å². The highest BCUT2D eigenvalue weighted by atomic mass is 79.9. The van der Waals surface area contributed by atoms with Gasteiger partial charge in [0.25, 0.3) is 0 Å². The number of aliphatic hydroxyl groups excluding tert-OH is 1. The van der Waals surface area contributed by atoms with Crippen LogP contribution in [0.3, 0.4) is 0 Å². The summed E-state index contributed by atoms with van der Waals surface area (Å²) in [5.41, 5.74) is 4.61. The van der Waals surface area contributed by atoms with Crippen molar-refractivity contribution < 1.29 is 5.11 Å². The van der Waals surface area contributed by atoms with Gasteiger partial charge in [0.05, 0.1) is 9.34 Å². The summed E-state index contributed by atoms with van der Waals surface area (Å²) in [7, 11) is 0. The minimum absolute atomic E-state index is 0.0734. The lowest BCUT2D eigenvalue weighted by Gasteiger charge is -2.44. The highest BCUT2D eigenvalue weighted by Crippen LogP contribution is 2.60. The molecule has 0 spiro atoms. The van der Waals surface area contributed by atoms with Crippen LogP contribution < -0.4 is 0 Å². The van der Waals surface area contributed by atoms with Crippen molar-refractivity contribution in [1.29, 1.82) is 0 Å². The van der Waals surface area contributed by atoms with Crippen molar-refractivity contribution in [1.82, 2.24) is 0 Å². The summed E-state index contributed by atoms with van der Waals surface area (Å²) >= 11 is 7.84. The van der Waals surface area contributed by atoms with Gasteiger partial charge in [0.1, 0.15) is 0 Å². The predicted octanol–water partition coefficient (Wildman–Crippen LogP) is 8.72. The van der Waals surface area contributed by atoms with Crippen molar-refractivity contribution in [2.45, 2.75) is 101 Å². The van der Waals surface area contributed by atoms with Crippen LogP contribution in [0.5, 0.6) is 0 Å². The van der Waals surface area contributed by atoms with E-state index in [1.807, 2.05) is 0 Å². The first-order chi connectivity index (χ1) is 14.0. The summed E-state index contributed by atoms with van der Waals surface area (Å²) in [4.78, 5) is 0. The fourth-order valence-electron chi connectivity index (χ4n) is 6.52.